The van der Waals surface area contributed by atoms with Crippen LogP contribution in [0.4, 0.5) is 11.5 Å². The minimum absolute atomic E-state index is 0.0764. The average Bonchev–Trinajstić information content (AvgIpc) is 2.68. The van der Waals surface area contributed by atoms with Crippen molar-refractivity contribution in [2.45, 2.75) is 19.3 Å². The second kappa shape index (κ2) is 7.31. The van der Waals surface area contributed by atoms with Crippen molar-refractivity contribution in [3.05, 3.63) is 47.6 Å². The molecule has 1 saturated heterocycles. The quantitative estimate of drug-likeness (QED) is 0.890. The van der Waals surface area contributed by atoms with Crippen molar-refractivity contribution in [1.29, 1.82) is 0 Å². The van der Waals surface area contributed by atoms with E-state index in [0.717, 1.165) is 43.4 Å². The second-order valence-corrected chi connectivity index (χ2v) is 7.17. The molecular formula is C19H23ClN4O2. The molecule has 1 N–H and O–H groups in total. The van der Waals surface area contributed by atoms with Crippen LogP contribution in [-0.2, 0) is 0 Å². The number of aliphatic hydroxyl groups excluding tert-OH is 1. The summed E-state index contributed by atoms with van der Waals surface area (Å²) in [5.41, 5.74) is 0.882. The van der Waals surface area contributed by atoms with Gasteiger partial charge in [-0.1, -0.05) is 17.7 Å². The number of halogens is 1. The Balaban J connectivity index is 1.48. The highest BCUT2D eigenvalue weighted by Gasteiger charge is 2.34. The molecule has 1 fully saturated rings. The number of pyridine rings is 1. The number of rotatable bonds is 3. The van der Waals surface area contributed by atoms with Crippen molar-refractivity contribution in [2.24, 2.45) is 0 Å². The van der Waals surface area contributed by atoms with E-state index in [4.69, 9.17) is 16.3 Å². The van der Waals surface area contributed by atoms with Gasteiger partial charge in [0.25, 0.3) is 0 Å². The third kappa shape index (κ3) is 3.32. The number of fused-ring (bicyclic) bond motifs is 1. The maximum Gasteiger partial charge on any atom is 0.187 e. The molecule has 3 heterocycles. The van der Waals surface area contributed by atoms with Gasteiger partial charge in [-0.15, -0.1) is 0 Å². The minimum atomic E-state index is -0.695. The van der Waals surface area contributed by atoms with Gasteiger partial charge in [0.05, 0.1) is 11.7 Å². The summed E-state index contributed by atoms with van der Waals surface area (Å²) in [6.07, 6.45) is 1.12. The highest BCUT2D eigenvalue weighted by Crippen LogP contribution is 2.37. The zero-order valence-electron chi connectivity index (χ0n) is 14.8. The molecule has 2 atom stereocenters. The molecule has 2 unspecified atom stereocenters. The molecule has 0 aliphatic carbocycles. The third-order valence-electron chi connectivity index (χ3n) is 5.02. The van der Waals surface area contributed by atoms with Crippen LogP contribution in [0.2, 0.25) is 5.02 Å². The number of aromatic nitrogens is 1. The molecule has 0 radical (unpaired) electrons. The summed E-state index contributed by atoms with van der Waals surface area (Å²) in [7, 11) is 0. The Morgan fingerprint density at radius 3 is 2.73 bits per heavy atom. The lowest BCUT2D eigenvalue weighted by molar-refractivity contribution is -0.0123. The zero-order chi connectivity index (χ0) is 18.1. The summed E-state index contributed by atoms with van der Waals surface area (Å²) >= 11 is 6.08. The summed E-state index contributed by atoms with van der Waals surface area (Å²) in [4.78, 5) is 10.8. The second-order valence-electron chi connectivity index (χ2n) is 6.74. The van der Waals surface area contributed by atoms with Crippen molar-refractivity contribution in [1.82, 2.24) is 9.88 Å². The number of nitrogens with zero attached hydrogens (tertiary/aromatic N) is 4. The van der Waals surface area contributed by atoms with Crippen LogP contribution in [0.15, 0.2) is 42.6 Å². The van der Waals surface area contributed by atoms with E-state index in [1.54, 1.807) is 0 Å². The number of hydrogen-bond acceptors (Lipinski definition) is 6. The molecule has 0 spiro atoms. The van der Waals surface area contributed by atoms with Crippen molar-refractivity contribution >= 4 is 23.1 Å². The fourth-order valence-corrected chi connectivity index (χ4v) is 3.76. The van der Waals surface area contributed by atoms with Gasteiger partial charge in [-0.25, -0.2) is 4.98 Å². The van der Waals surface area contributed by atoms with Gasteiger partial charge in [0.2, 0.25) is 0 Å². The maximum absolute atomic E-state index is 11.1. The predicted molar refractivity (Wildman–Crippen MR) is 103 cm³/mol. The summed E-state index contributed by atoms with van der Waals surface area (Å²) < 4.78 is 5.79. The maximum atomic E-state index is 11.1. The van der Waals surface area contributed by atoms with Crippen LogP contribution in [0.25, 0.3) is 0 Å². The number of anilines is 2. The first-order chi connectivity index (χ1) is 12.6. The number of aliphatic hydroxyl groups is 1. The number of piperazine rings is 1. The fourth-order valence-electron chi connectivity index (χ4n) is 3.60. The van der Waals surface area contributed by atoms with Gasteiger partial charge in [-0.2, -0.15) is 0 Å². The van der Waals surface area contributed by atoms with Crippen LogP contribution < -0.4 is 14.5 Å². The Kier molecular flexibility index (Phi) is 4.89. The summed E-state index contributed by atoms with van der Waals surface area (Å²) in [5, 5.41) is 11.7. The first kappa shape index (κ1) is 17.4. The van der Waals surface area contributed by atoms with E-state index < -0.39 is 6.35 Å². The van der Waals surface area contributed by atoms with Gasteiger partial charge in [-0.05, 0) is 31.2 Å². The lowest BCUT2D eigenvalue weighted by Gasteiger charge is -2.46. The normalized spacial score (nSPS) is 21.9. The summed E-state index contributed by atoms with van der Waals surface area (Å²) in [5.74, 6) is 1.71. The summed E-state index contributed by atoms with van der Waals surface area (Å²) in [6, 6.07) is 11.6. The highest BCUT2D eigenvalue weighted by molar-refractivity contribution is 6.30. The molecule has 26 heavy (non-hydrogen) atoms. The Labute approximate surface area is 158 Å². The van der Waals surface area contributed by atoms with E-state index in [1.807, 2.05) is 47.5 Å². The molecule has 2 aliphatic rings. The van der Waals surface area contributed by atoms with Crippen LogP contribution in [0.3, 0.4) is 0 Å². The molecule has 6 nitrogen and oxygen atoms in total. The van der Waals surface area contributed by atoms with Gasteiger partial charge in [0, 0.05) is 43.5 Å². The lowest BCUT2D eigenvalue weighted by atomic mass is 10.1. The molecule has 2 aromatic rings. The van der Waals surface area contributed by atoms with E-state index in [-0.39, 0.29) is 6.04 Å². The van der Waals surface area contributed by atoms with Crippen molar-refractivity contribution in [3.8, 4) is 5.75 Å². The molecule has 2 aliphatic heterocycles. The molecule has 7 heteroatoms. The van der Waals surface area contributed by atoms with E-state index >= 15 is 0 Å². The van der Waals surface area contributed by atoms with Gasteiger partial charge in [0.15, 0.2) is 6.35 Å². The van der Waals surface area contributed by atoms with Gasteiger partial charge in [0.1, 0.15) is 18.2 Å². The van der Waals surface area contributed by atoms with Crippen LogP contribution in [-0.4, -0.2) is 60.2 Å². The summed E-state index contributed by atoms with van der Waals surface area (Å²) in [6.45, 7) is 5.79. The van der Waals surface area contributed by atoms with Gasteiger partial charge >= 0.3 is 0 Å². The number of benzene rings is 1. The molecule has 0 bridgehead atoms. The van der Waals surface area contributed by atoms with Gasteiger partial charge < -0.3 is 19.6 Å². The Morgan fingerprint density at radius 1 is 1.19 bits per heavy atom. The molecule has 4 rings (SSSR count). The standard InChI is InChI=1S/C19H23ClN4O2/c1-14-13-26-17-12-15(20)5-6-16(17)24(14)19(25)23-10-8-22(9-11-23)18-4-2-3-7-21-18/h2-7,12,14,19,25H,8-11,13H2,1H3. The van der Waals surface area contributed by atoms with Crippen LogP contribution in [0, 0.1) is 0 Å². The SMILES string of the molecule is CC1COc2cc(Cl)ccc2N1C(O)N1CCN(c2ccccn2)CC1. The van der Waals surface area contributed by atoms with Crippen LogP contribution >= 0.6 is 11.6 Å². The van der Waals surface area contributed by atoms with Crippen molar-refractivity contribution in [3.63, 3.8) is 0 Å². The predicted octanol–water partition coefficient (Wildman–Crippen LogP) is 2.42. The minimum Gasteiger partial charge on any atom is -0.489 e. The Bertz CT molecular complexity index is 752. The average molecular weight is 375 g/mol. The number of hydrogen-bond donors (Lipinski definition) is 1. The van der Waals surface area contributed by atoms with E-state index in [1.165, 1.54) is 0 Å². The first-order valence-corrected chi connectivity index (χ1v) is 9.30. The van der Waals surface area contributed by atoms with Crippen LogP contribution in [0.5, 0.6) is 5.75 Å². The molecule has 0 saturated carbocycles. The first-order valence-electron chi connectivity index (χ1n) is 8.92. The van der Waals surface area contributed by atoms with Crippen molar-refractivity contribution in [2.75, 3.05) is 42.6 Å². The topological polar surface area (TPSA) is 52.1 Å². The van der Waals surface area contributed by atoms with Gasteiger partial charge in [-0.3, -0.25) is 4.90 Å². The Hall–Kier alpha value is -2.02. The van der Waals surface area contributed by atoms with Crippen LogP contribution in [0.1, 0.15) is 6.92 Å². The van der Waals surface area contributed by atoms with E-state index in [0.29, 0.717) is 11.6 Å². The van der Waals surface area contributed by atoms with Crippen molar-refractivity contribution < 1.29 is 9.84 Å². The molecule has 0 amide bonds. The highest BCUT2D eigenvalue weighted by atomic mass is 35.5. The lowest BCUT2D eigenvalue weighted by Crippen LogP contribution is -2.59. The monoisotopic (exact) mass is 374 g/mol. The smallest absolute Gasteiger partial charge is 0.187 e. The molecule has 1 aromatic carbocycles. The molecular weight excluding hydrogens is 352 g/mol. The van der Waals surface area contributed by atoms with E-state index in [2.05, 4.69) is 21.7 Å². The molecule has 138 valence electrons. The number of ether oxygens (including phenoxy) is 1. The fraction of sp³-hybridized carbons (Fsp3) is 0.421. The molecule has 1 aromatic heterocycles. The zero-order valence-corrected chi connectivity index (χ0v) is 15.5. The van der Waals surface area contributed by atoms with E-state index in [9.17, 15) is 5.11 Å². The third-order valence-corrected chi connectivity index (χ3v) is 5.25. The largest absolute Gasteiger partial charge is 0.489 e. The Morgan fingerprint density at radius 2 is 2.00 bits per heavy atom.